The summed E-state index contributed by atoms with van der Waals surface area (Å²) in [7, 11) is -3.31. The number of nitrogens with one attached hydrogen (secondary N) is 2. The van der Waals surface area contributed by atoms with Gasteiger partial charge in [0.05, 0.1) is 10.4 Å². The minimum Gasteiger partial charge on any atom is -0.385 e. The second-order valence-electron chi connectivity index (χ2n) is 8.74. The van der Waals surface area contributed by atoms with Gasteiger partial charge in [0.1, 0.15) is 5.82 Å². The summed E-state index contributed by atoms with van der Waals surface area (Å²) in [6, 6.07) is 10.4. The Morgan fingerprint density at radius 2 is 1.83 bits per heavy atom. The summed E-state index contributed by atoms with van der Waals surface area (Å²) >= 11 is 0. The Kier molecular flexibility index (Phi) is 6.58. The largest absolute Gasteiger partial charge is 0.385 e. The van der Waals surface area contributed by atoms with Crippen LogP contribution in [0.4, 0.5) is 10.1 Å². The second-order valence-corrected chi connectivity index (χ2v) is 11.2. The first-order valence-electron chi connectivity index (χ1n) is 10.1. The molecule has 1 aliphatic carbocycles. The van der Waals surface area contributed by atoms with Crippen molar-refractivity contribution in [3.8, 4) is 11.3 Å². The van der Waals surface area contributed by atoms with E-state index >= 15 is 0 Å². The minimum atomic E-state index is -3.31. The van der Waals surface area contributed by atoms with E-state index in [0.29, 0.717) is 17.2 Å². The molecule has 1 aliphatic rings. The molecule has 3 rings (SSSR count). The summed E-state index contributed by atoms with van der Waals surface area (Å²) in [5, 5.41) is 3.41. The molecule has 5 nitrogen and oxygen atoms in total. The summed E-state index contributed by atoms with van der Waals surface area (Å²) in [6.07, 6.45) is 5.24. The monoisotopic (exact) mass is 419 g/mol. The predicted octanol–water partition coefficient (Wildman–Crippen LogP) is 4.58. The Morgan fingerprint density at radius 1 is 1.10 bits per heavy atom. The molecule has 0 spiro atoms. The summed E-state index contributed by atoms with van der Waals surface area (Å²) in [4.78, 5) is 4.23. The van der Waals surface area contributed by atoms with E-state index in [9.17, 15) is 12.8 Å². The Hall–Kier alpha value is -1.99. The van der Waals surface area contributed by atoms with Crippen molar-refractivity contribution in [2.75, 3.05) is 11.9 Å². The van der Waals surface area contributed by atoms with Gasteiger partial charge in [-0.25, -0.2) is 17.5 Å². The fourth-order valence-electron chi connectivity index (χ4n) is 3.50. The lowest BCUT2D eigenvalue weighted by atomic mass is 9.86. The predicted molar refractivity (Wildman–Crippen MR) is 116 cm³/mol. The lowest BCUT2D eigenvalue weighted by molar-refractivity contribution is 0.322. The van der Waals surface area contributed by atoms with Crippen molar-refractivity contribution in [2.24, 2.45) is 5.92 Å². The first-order valence-corrected chi connectivity index (χ1v) is 11.6. The summed E-state index contributed by atoms with van der Waals surface area (Å²) < 4.78 is 40.9. The van der Waals surface area contributed by atoms with Crippen molar-refractivity contribution in [3.63, 3.8) is 0 Å². The number of sulfonamides is 1. The van der Waals surface area contributed by atoms with E-state index in [1.54, 1.807) is 51.2 Å². The van der Waals surface area contributed by atoms with Gasteiger partial charge in [-0.15, -0.1) is 0 Å². The molecule has 0 atom stereocenters. The van der Waals surface area contributed by atoms with Crippen LogP contribution in [0.1, 0.15) is 46.5 Å². The number of rotatable bonds is 6. The van der Waals surface area contributed by atoms with Crippen molar-refractivity contribution >= 4 is 15.7 Å². The van der Waals surface area contributed by atoms with Crippen LogP contribution in [-0.4, -0.2) is 30.7 Å². The van der Waals surface area contributed by atoms with Gasteiger partial charge < -0.3 is 5.32 Å². The number of anilines is 1. The molecule has 7 heteroatoms. The van der Waals surface area contributed by atoms with E-state index < -0.39 is 14.8 Å². The van der Waals surface area contributed by atoms with E-state index in [2.05, 4.69) is 15.0 Å². The highest BCUT2D eigenvalue weighted by Gasteiger charge is 2.32. The van der Waals surface area contributed by atoms with Crippen LogP contribution in [0.15, 0.2) is 42.6 Å². The van der Waals surface area contributed by atoms with Crippen LogP contribution in [0.3, 0.4) is 0 Å². The fraction of sp³-hybridized carbons (Fsp3) is 0.500. The molecule has 0 unspecified atom stereocenters. The van der Waals surface area contributed by atoms with Gasteiger partial charge in [0.15, 0.2) is 0 Å². The molecule has 1 heterocycles. The molecule has 1 fully saturated rings. The van der Waals surface area contributed by atoms with Gasteiger partial charge >= 0.3 is 0 Å². The summed E-state index contributed by atoms with van der Waals surface area (Å²) in [5.41, 5.74) is 1.96. The molecule has 2 aromatic rings. The summed E-state index contributed by atoms with van der Waals surface area (Å²) in [6.45, 7) is 5.93. The molecule has 0 bridgehead atoms. The number of aromatic nitrogens is 1. The molecular formula is C22H30FN3O2S. The van der Waals surface area contributed by atoms with Crippen LogP contribution in [0, 0.1) is 11.7 Å². The highest BCUT2D eigenvalue weighted by Crippen LogP contribution is 2.28. The maximum absolute atomic E-state index is 14.2. The fourth-order valence-corrected chi connectivity index (χ4v) is 4.52. The molecule has 1 aromatic heterocycles. The van der Waals surface area contributed by atoms with E-state index in [0.717, 1.165) is 37.9 Å². The standard InChI is InChI=1S/C22H30FN3O2S/c1-22(2,3)29(27,28)26-17-9-7-16(8-10-17)15-25-18-11-12-20(23)19(14-18)21-6-4-5-13-24-21/h4-6,11-14,16-17,25-26H,7-10,15H2,1-3H3/t16-,17-. The van der Waals surface area contributed by atoms with Crippen LogP contribution in [0.5, 0.6) is 0 Å². The third-order valence-electron chi connectivity index (χ3n) is 5.48. The van der Waals surface area contributed by atoms with Crippen molar-refractivity contribution in [1.29, 1.82) is 0 Å². The quantitative estimate of drug-likeness (QED) is 0.719. The lowest BCUT2D eigenvalue weighted by Crippen LogP contribution is -2.46. The summed E-state index contributed by atoms with van der Waals surface area (Å²) in [5.74, 6) is 0.176. The van der Waals surface area contributed by atoms with Crippen LogP contribution < -0.4 is 10.0 Å². The van der Waals surface area contributed by atoms with Crippen LogP contribution in [-0.2, 0) is 10.0 Å². The molecule has 1 aromatic carbocycles. The number of pyridine rings is 1. The van der Waals surface area contributed by atoms with Gasteiger partial charge in [-0.2, -0.15) is 0 Å². The maximum Gasteiger partial charge on any atom is 0.216 e. The smallest absolute Gasteiger partial charge is 0.216 e. The molecule has 29 heavy (non-hydrogen) atoms. The number of hydrogen-bond acceptors (Lipinski definition) is 4. The Balaban J connectivity index is 1.54. The Morgan fingerprint density at radius 3 is 2.45 bits per heavy atom. The van der Waals surface area contributed by atoms with Crippen molar-refractivity contribution in [1.82, 2.24) is 9.71 Å². The number of hydrogen-bond donors (Lipinski definition) is 2. The van der Waals surface area contributed by atoms with Crippen LogP contribution in [0.2, 0.25) is 0 Å². The van der Waals surface area contributed by atoms with Crippen molar-refractivity contribution in [2.45, 2.75) is 57.2 Å². The molecule has 0 radical (unpaired) electrons. The van der Waals surface area contributed by atoms with Crippen molar-refractivity contribution < 1.29 is 12.8 Å². The number of halogens is 1. The molecular weight excluding hydrogens is 389 g/mol. The first kappa shape index (κ1) is 21.7. The van der Waals surface area contributed by atoms with E-state index in [4.69, 9.17) is 0 Å². The van der Waals surface area contributed by atoms with Crippen LogP contribution in [0.25, 0.3) is 11.3 Å². The molecule has 2 N–H and O–H groups in total. The zero-order valence-corrected chi connectivity index (χ0v) is 18.1. The van der Waals surface area contributed by atoms with E-state index in [1.807, 2.05) is 6.07 Å². The topological polar surface area (TPSA) is 71.1 Å². The third-order valence-corrected chi connectivity index (χ3v) is 7.73. The van der Waals surface area contributed by atoms with Gasteiger partial charge in [-0.05, 0) is 82.7 Å². The molecule has 1 saturated carbocycles. The average molecular weight is 420 g/mol. The van der Waals surface area contributed by atoms with E-state index in [-0.39, 0.29) is 11.9 Å². The van der Waals surface area contributed by atoms with E-state index in [1.165, 1.54) is 6.07 Å². The highest BCUT2D eigenvalue weighted by atomic mass is 32.2. The number of nitrogens with zero attached hydrogens (tertiary/aromatic N) is 1. The SMILES string of the molecule is CC(C)(C)S(=O)(=O)N[C@H]1CC[C@H](CNc2ccc(F)c(-c3ccccn3)c2)CC1. The maximum atomic E-state index is 14.2. The van der Waals surface area contributed by atoms with Gasteiger partial charge in [-0.1, -0.05) is 6.07 Å². The van der Waals surface area contributed by atoms with Gasteiger partial charge in [0, 0.05) is 30.0 Å². The molecule has 0 amide bonds. The van der Waals surface area contributed by atoms with Gasteiger partial charge in [0.2, 0.25) is 10.0 Å². The normalized spacial score (nSPS) is 20.4. The zero-order chi connectivity index (χ0) is 21.1. The third kappa shape index (κ3) is 5.54. The van der Waals surface area contributed by atoms with Gasteiger partial charge in [-0.3, -0.25) is 4.98 Å². The van der Waals surface area contributed by atoms with Crippen LogP contribution >= 0.6 is 0 Å². The second kappa shape index (κ2) is 8.79. The highest BCUT2D eigenvalue weighted by molar-refractivity contribution is 7.90. The minimum absolute atomic E-state index is 0.0112. The Labute approximate surface area is 173 Å². The molecule has 158 valence electrons. The lowest BCUT2D eigenvalue weighted by Gasteiger charge is -2.31. The van der Waals surface area contributed by atoms with Gasteiger partial charge in [0.25, 0.3) is 0 Å². The average Bonchev–Trinajstić information content (AvgIpc) is 2.68. The zero-order valence-electron chi connectivity index (χ0n) is 17.3. The number of benzene rings is 1. The first-order chi connectivity index (χ1) is 13.7. The molecule has 0 saturated heterocycles. The van der Waals surface area contributed by atoms with Crippen molar-refractivity contribution in [3.05, 3.63) is 48.4 Å². The molecule has 0 aliphatic heterocycles. The Bertz CT molecular complexity index is 919.